The van der Waals surface area contributed by atoms with Gasteiger partial charge in [0.2, 0.25) is 0 Å². The van der Waals surface area contributed by atoms with Crippen LogP contribution >= 0.6 is 0 Å². The average molecular weight is 521 g/mol. The number of carbonyl (C=O) groups is 2. The van der Waals surface area contributed by atoms with E-state index in [1.54, 1.807) is 0 Å². The second-order valence-electron chi connectivity index (χ2n) is 11.6. The maximum absolute atomic E-state index is 13.1. The summed E-state index contributed by atoms with van der Waals surface area (Å²) >= 11 is 0. The molecule has 0 heterocycles. The topological polar surface area (TPSA) is 63.6 Å². The van der Waals surface area contributed by atoms with Gasteiger partial charge in [0.15, 0.2) is 0 Å². The van der Waals surface area contributed by atoms with Crippen molar-refractivity contribution in [1.29, 1.82) is 0 Å². The van der Waals surface area contributed by atoms with E-state index >= 15 is 0 Å². The number of ether oxygens (including phenoxy) is 1. The second-order valence-corrected chi connectivity index (χ2v) is 11.6. The highest BCUT2D eigenvalue weighted by atomic mass is 16.5. The molecule has 0 amide bonds. The van der Waals surface area contributed by atoms with Gasteiger partial charge in [-0.15, -0.1) is 0 Å². The van der Waals surface area contributed by atoms with Crippen molar-refractivity contribution >= 4 is 11.9 Å². The molecule has 3 atom stereocenters. The van der Waals surface area contributed by atoms with Crippen molar-refractivity contribution in [3.05, 3.63) is 12.2 Å². The van der Waals surface area contributed by atoms with Gasteiger partial charge in [-0.2, -0.15) is 0 Å². The molecule has 0 radical (unpaired) electrons. The Morgan fingerprint density at radius 1 is 0.676 bits per heavy atom. The molecule has 4 nitrogen and oxygen atoms in total. The Balaban J connectivity index is 2.32. The Hall–Kier alpha value is -1.32. The number of allylic oxidation sites excluding steroid dienone is 2. The lowest BCUT2D eigenvalue weighted by molar-refractivity contribution is -0.151. The fourth-order valence-electron chi connectivity index (χ4n) is 5.69. The summed E-state index contributed by atoms with van der Waals surface area (Å²) in [6.07, 6.45) is 31.2. The molecule has 0 aromatic carbocycles. The van der Waals surface area contributed by atoms with Crippen LogP contribution in [0.1, 0.15) is 162 Å². The number of hydrogen-bond donors (Lipinski definition) is 1. The summed E-state index contributed by atoms with van der Waals surface area (Å²) in [5, 5.41) is 8.75. The van der Waals surface area contributed by atoms with Crippen LogP contribution < -0.4 is 0 Å². The second kappa shape index (κ2) is 23.8. The first kappa shape index (κ1) is 33.7. The summed E-state index contributed by atoms with van der Waals surface area (Å²) in [6, 6.07) is 0. The zero-order valence-electron chi connectivity index (χ0n) is 24.5. The smallest absolute Gasteiger partial charge is 0.309 e. The largest absolute Gasteiger partial charge is 0.481 e. The first-order valence-corrected chi connectivity index (χ1v) is 16.1. The summed E-state index contributed by atoms with van der Waals surface area (Å²) in [6.45, 7) is 5.09. The van der Waals surface area contributed by atoms with E-state index < -0.39 is 5.97 Å². The van der Waals surface area contributed by atoms with E-state index in [-0.39, 0.29) is 18.3 Å². The number of carbonyl (C=O) groups excluding carboxylic acids is 1. The number of aliphatic carboxylic acids is 1. The monoisotopic (exact) mass is 520 g/mol. The van der Waals surface area contributed by atoms with E-state index in [0.29, 0.717) is 18.4 Å². The zero-order valence-corrected chi connectivity index (χ0v) is 24.5. The minimum Gasteiger partial charge on any atom is -0.481 e. The average Bonchev–Trinajstić information content (AvgIpc) is 2.89. The highest BCUT2D eigenvalue weighted by molar-refractivity contribution is 5.73. The Kier molecular flexibility index (Phi) is 21.7. The highest BCUT2D eigenvalue weighted by Crippen LogP contribution is 2.35. The molecular formula is C33H60O4. The normalized spacial score (nSPS) is 19.2. The molecule has 0 saturated carbocycles. The van der Waals surface area contributed by atoms with Crippen molar-refractivity contribution < 1.29 is 19.4 Å². The fourth-order valence-corrected chi connectivity index (χ4v) is 5.69. The van der Waals surface area contributed by atoms with E-state index in [1.165, 1.54) is 83.5 Å². The minimum absolute atomic E-state index is 0.0234. The van der Waals surface area contributed by atoms with Gasteiger partial charge in [-0.3, -0.25) is 9.59 Å². The number of unbranched alkanes of at least 4 members (excludes halogenated alkanes) is 16. The third-order valence-electron chi connectivity index (χ3n) is 8.11. The van der Waals surface area contributed by atoms with Gasteiger partial charge in [-0.05, 0) is 43.9 Å². The number of carboxylic acid groups (broad SMARTS) is 1. The molecule has 0 saturated heterocycles. The lowest BCUT2D eigenvalue weighted by Gasteiger charge is -2.30. The zero-order chi connectivity index (χ0) is 27.0. The van der Waals surface area contributed by atoms with Gasteiger partial charge >= 0.3 is 11.9 Å². The number of esters is 1. The Morgan fingerprint density at radius 2 is 1.19 bits per heavy atom. The van der Waals surface area contributed by atoms with Crippen LogP contribution in [0.3, 0.4) is 0 Å². The Labute approximate surface area is 229 Å². The van der Waals surface area contributed by atoms with Gasteiger partial charge in [0.25, 0.3) is 0 Å². The molecule has 216 valence electrons. The minimum atomic E-state index is -0.692. The third-order valence-corrected chi connectivity index (χ3v) is 8.11. The van der Waals surface area contributed by atoms with E-state index in [9.17, 15) is 9.59 Å². The molecule has 4 heteroatoms. The highest BCUT2D eigenvalue weighted by Gasteiger charge is 2.32. The lowest BCUT2D eigenvalue weighted by atomic mass is 9.75. The van der Waals surface area contributed by atoms with Crippen molar-refractivity contribution in [2.45, 2.75) is 162 Å². The van der Waals surface area contributed by atoms with Crippen LogP contribution in [0, 0.1) is 17.8 Å². The van der Waals surface area contributed by atoms with Crippen LogP contribution in [-0.4, -0.2) is 23.7 Å². The molecule has 0 aliphatic heterocycles. The number of hydrogen-bond acceptors (Lipinski definition) is 3. The summed E-state index contributed by atoms with van der Waals surface area (Å²) < 4.78 is 5.83. The van der Waals surface area contributed by atoms with Gasteiger partial charge in [0, 0.05) is 6.42 Å². The maximum atomic E-state index is 13.1. The van der Waals surface area contributed by atoms with Crippen molar-refractivity contribution in [3.63, 3.8) is 0 Å². The van der Waals surface area contributed by atoms with Crippen LogP contribution in [0.2, 0.25) is 0 Å². The van der Waals surface area contributed by atoms with Crippen LogP contribution in [0.25, 0.3) is 0 Å². The van der Waals surface area contributed by atoms with Gasteiger partial charge < -0.3 is 9.84 Å². The predicted octanol–water partition coefficient (Wildman–Crippen LogP) is 10.0. The molecule has 37 heavy (non-hydrogen) atoms. The first-order chi connectivity index (χ1) is 18.1. The Morgan fingerprint density at radius 3 is 1.81 bits per heavy atom. The van der Waals surface area contributed by atoms with Gasteiger partial charge in [-0.1, -0.05) is 135 Å². The summed E-state index contributed by atoms with van der Waals surface area (Å²) in [7, 11) is 0. The molecule has 0 fully saturated rings. The van der Waals surface area contributed by atoms with E-state index in [0.717, 1.165) is 57.8 Å². The van der Waals surface area contributed by atoms with Crippen molar-refractivity contribution in [1.82, 2.24) is 0 Å². The SMILES string of the molecule is CCCCCCCCCCCCOC(=O)[C@H]1C[C@H](CCCCCCCC(=O)O)C=C[C@H]1CCCCCC. The van der Waals surface area contributed by atoms with Crippen LogP contribution in [0.4, 0.5) is 0 Å². The predicted molar refractivity (Wildman–Crippen MR) is 156 cm³/mol. The summed E-state index contributed by atoms with van der Waals surface area (Å²) in [5.41, 5.74) is 0. The van der Waals surface area contributed by atoms with E-state index in [1.807, 2.05) is 0 Å². The standard InChI is InChI=1S/C33H60O4/c1-3-5-7-9-10-11-12-13-17-21-27-37-33(36)31-28-29(22-18-15-14-16-20-24-32(34)35)25-26-30(31)23-19-8-6-4-2/h25-26,29-31H,3-24,27-28H2,1-2H3,(H,34,35)/t29-,30-,31+/m1/s1. The van der Waals surface area contributed by atoms with Crippen LogP contribution in [-0.2, 0) is 14.3 Å². The molecule has 1 N–H and O–H groups in total. The molecule has 0 spiro atoms. The van der Waals surface area contributed by atoms with E-state index in [2.05, 4.69) is 26.0 Å². The molecule has 1 aliphatic rings. The van der Waals surface area contributed by atoms with Gasteiger partial charge in [0.1, 0.15) is 0 Å². The molecule has 1 rings (SSSR count). The van der Waals surface area contributed by atoms with Crippen molar-refractivity contribution in [2.24, 2.45) is 17.8 Å². The molecular weight excluding hydrogens is 460 g/mol. The quantitative estimate of drug-likeness (QED) is 0.0738. The van der Waals surface area contributed by atoms with Gasteiger partial charge in [-0.25, -0.2) is 0 Å². The van der Waals surface area contributed by atoms with Crippen molar-refractivity contribution in [2.75, 3.05) is 6.61 Å². The van der Waals surface area contributed by atoms with Crippen LogP contribution in [0.15, 0.2) is 12.2 Å². The number of carboxylic acids is 1. The lowest BCUT2D eigenvalue weighted by Crippen LogP contribution is -2.30. The van der Waals surface area contributed by atoms with E-state index in [4.69, 9.17) is 9.84 Å². The molecule has 0 unspecified atom stereocenters. The molecule has 0 aromatic heterocycles. The molecule has 0 aromatic rings. The third kappa shape index (κ3) is 18.6. The summed E-state index contributed by atoms with van der Waals surface area (Å²) in [4.78, 5) is 23.7. The van der Waals surface area contributed by atoms with Crippen molar-refractivity contribution in [3.8, 4) is 0 Å². The number of rotatable bonds is 25. The molecule has 1 aliphatic carbocycles. The Bertz CT molecular complexity index is 585. The fraction of sp³-hybridized carbons (Fsp3) is 0.879. The maximum Gasteiger partial charge on any atom is 0.309 e. The van der Waals surface area contributed by atoms with Crippen LogP contribution in [0.5, 0.6) is 0 Å². The first-order valence-electron chi connectivity index (χ1n) is 16.1. The molecule has 0 bridgehead atoms. The summed E-state index contributed by atoms with van der Waals surface area (Å²) in [5.74, 6) is 0.183. The van der Waals surface area contributed by atoms with Gasteiger partial charge in [0.05, 0.1) is 12.5 Å².